The van der Waals surface area contributed by atoms with Gasteiger partial charge in [0.2, 0.25) is 5.91 Å². The number of nitrogens with zero attached hydrogens (tertiary/aromatic N) is 2. The maximum absolute atomic E-state index is 11.9. The normalized spacial score (nSPS) is 14.6. The highest BCUT2D eigenvalue weighted by molar-refractivity contribution is 5.79. The predicted octanol–water partition coefficient (Wildman–Crippen LogP) is 0.208. The first-order valence-electron chi connectivity index (χ1n) is 6.13. The molecular formula is C12H22N4O2. The van der Waals surface area contributed by atoms with Crippen molar-refractivity contribution in [2.75, 3.05) is 13.2 Å². The summed E-state index contributed by atoms with van der Waals surface area (Å²) in [6.45, 7) is 6.32. The lowest BCUT2D eigenvalue weighted by Gasteiger charge is -2.19. The van der Waals surface area contributed by atoms with Gasteiger partial charge in [0, 0.05) is 12.7 Å². The maximum atomic E-state index is 11.9. The van der Waals surface area contributed by atoms with Gasteiger partial charge in [0.15, 0.2) is 0 Å². The van der Waals surface area contributed by atoms with Gasteiger partial charge in [-0.25, -0.2) is 4.98 Å². The molecule has 0 aliphatic carbocycles. The number of rotatable bonds is 6. The molecule has 1 amide bonds. The van der Waals surface area contributed by atoms with Gasteiger partial charge in [-0.3, -0.25) is 4.79 Å². The number of amides is 1. The Kier molecular flexibility index (Phi) is 5.30. The molecule has 0 bridgehead atoms. The summed E-state index contributed by atoms with van der Waals surface area (Å²) in [7, 11) is 0. The van der Waals surface area contributed by atoms with Crippen molar-refractivity contribution in [1.82, 2.24) is 14.9 Å². The minimum Gasteiger partial charge on any atom is -0.394 e. The number of aliphatic hydroxyl groups is 1. The molecule has 1 aromatic heterocycles. The monoisotopic (exact) mass is 254 g/mol. The standard InChI is InChI=1S/C12H22N4O2/c1-8(2)4-15-12(18)9(3)16-7-14-5-11(16)10(13)6-17/h5,7-10,17H,4,6,13H2,1-3H3,(H,15,18). The van der Waals surface area contributed by atoms with Gasteiger partial charge in [0.1, 0.15) is 6.04 Å². The molecule has 1 aromatic rings. The average Bonchev–Trinajstić information content (AvgIpc) is 2.82. The van der Waals surface area contributed by atoms with Crippen LogP contribution in [0.3, 0.4) is 0 Å². The van der Waals surface area contributed by atoms with Crippen LogP contribution in [0.25, 0.3) is 0 Å². The number of hydrogen-bond donors (Lipinski definition) is 3. The molecule has 0 aromatic carbocycles. The molecule has 1 heterocycles. The summed E-state index contributed by atoms with van der Waals surface area (Å²) in [5, 5.41) is 11.9. The zero-order valence-corrected chi connectivity index (χ0v) is 11.1. The third kappa shape index (κ3) is 3.54. The number of hydrogen-bond acceptors (Lipinski definition) is 4. The van der Waals surface area contributed by atoms with E-state index in [0.29, 0.717) is 18.2 Å². The lowest BCUT2D eigenvalue weighted by atomic mass is 10.2. The summed E-state index contributed by atoms with van der Waals surface area (Å²) in [4.78, 5) is 15.9. The fraction of sp³-hybridized carbons (Fsp3) is 0.667. The van der Waals surface area contributed by atoms with E-state index in [9.17, 15) is 4.79 Å². The first kappa shape index (κ1) is 14.7. The van der Waals surface area contributed by atoms with Crippen LogP contribution in [0.1, 0.15) is 38.5 Å². The van der Waals surface area contributed by atoms with E-state index in [0.717, 1.165) is 0 Å². The molecule has 0 spiro atoms. The van der Waals surface area contributed by atoms with Crippen LogP contribution in [-0.4, -0.2) is 33.7 Å². The van der Waals surface area contributed by atoms with E-state index in [1.807, 2.05) is 13.8 Å². The van der Waals surface area contributed by atoms with E-state index in [1.165, 1.54) is 0 Å². The molecule has 0 aliphatic rings. The molecule has 18 heavy (non-hydrogen) atoms. The van der Waals surface area contributed by atoms with Crippen LogP contribution in [-0.2, 0) is 4.79 Å². The summed E-state index contributed by atoms with van der Waals surface area (Å²) in [5.74, 6) is 0.330. The molecule has 0 saturated carbocycles. The lowest BCUT2D eigenvalue weighted by Crippen LogP contribution is -2.34. The van der Waals surface area contributed by atoms with Crippen molar-refractivity contribution in [3.05, 3.63) is 18.2 Å². The SMILES string of the molecule is CC(C)CNC(=O)C(C)n1cncc1C(N)CO. The zero-order valence-electron chi connectivity index (χ0n) is 11.1. The van der Waals surface area contributed by atoms with E-state index in [-0.39, 0.29) is 18.6 Å². The Bertz CT molecular complexity index is 389. The van der Waals surface area contributed by atoms with Gasteiger partial charge in [0.25, 0.3) is 0 Å². The van der Waals surface area contributed by atoms with Crippen LogP contribution >= 0.6 is 0 Å². The second kappa shape index (κ2) is 6.51. The highest BCUT2D eigenvalue weighted by Gasteiger charge is 2.20. The van der Waals surface area contributed by atoms with Crippen molar-refractivity contribution in [2.45, 2.75) is 32.9 Å². The molecule has 0 aliphatic heterocycles. The summed E-state index contributed by atoms with van der Waals surface area (Å²) in [5.41, 5.74) is 6.41. The van der Waals surface area contributed by atoms with E-state index in [1.54, 1.807) is 24.0 Å². The van der Waals surface area contributed by atoms with Crippen molar-refractivity contribution in [3.8, 4) is 0 Å². The van der Waals surface area contributed by atoms with Crippen LogP contribution in [0.15, 0.2) is 12.5 Å². The Hall–Kier alpha value is -1.40. The molecule has 0 saturated heterocycles. The van der Waals surface area contributed by atoms with Crippen LogP contribution < -0.4 is 11.1 Å². The van der Waals surface area contributed by atoms with Crippen LogP contribution in [0.2, 0.25) is 0 Å². The van der Waals surface area contributed by atoms with Gasteiger partial charge in [-0.05, 0) is 12.8 Å². The third-order valence-corrected chi connectivity index (χ3v) is 2.75. The van der Waals surface area contributed by atoms with Crippen LogP contribution in [0, 0.1) is 5.92 Å². The molecule has 6 heteroatoms. The minimum atomic E-state index is -0.521. The van der Waals surface area contributed by atoms with Gasteiger partial charge >= 0.3 is 0 Å². The Morgan fingerprint density at radius 3 is 2.78 bits per heavy atom. The number of aromatic nitrogens is 2. The number of imidazole rings is 1. The Labute approximate surface area is 107 Å². The molecule has 0 fully saturated rings. The molecule has 0 radical (unpaired) electrons. The minimum absolute atomic E-state index is 0.0758. The zero-order chi connectivity index (χ0) is 13.7. The highest BCUT2D eigenvalue weighted by atomic mass is 16.3. The quantitative estimate of drug-likeness (QED) is 0.676. The van der Waals surface area contributed by atoms with Crippen LogP contribution in [0.5, 0.6) is 0 Å². The van der Waals surface area contributed by atoms with Crippen molar-refractivity contribution >= 4 is 5.91 Å². The Balaban J connectivity index is 2.74. The van der Waals surface area contributed by atoms with Gasteiger partial charge in [-0.15, -0.1) is 0 Å². The number of nitrogens with one attached hydrogen (secondary N) is 1. The van der Waals surface area contributed by atoms with Gasteiger partial charge in [-0.1, -0.05) is 13.8 Å². The number of aliphatic hydroxyl groups excluding tert-OH is 1. The van der Waals surface area contributed by atoms with E-state index in [4.69, 9.17) is 10.8 Å². The fourth-order valence-corrected chi connectivity index (χ4v) is 1.60. The number of nitrogens with two attached hydrogens (primary N) is 1. The highest BCUT2D eigenvalue weighted by Crippen LogP contribution is 2.15. The van der Waals surface area contributed by atoms with E-state index in [2.05, 4.69) is 10.3 Å². The van der Waals surface area contributed by atoms with Crippen molar-refractivity contribution in [1.29, 1.82) is 0 Å². The summed E-state index contributed by atoms with van der Waals surface area (Å²) in [6.07, 6.45) is 3.14. The average molecular weight is 254 g/mol. The number of carbonyl (C=O) groups is 1. The molecular weight excluding hydrogens is 232 g/mol. The first-order valence-corrected chi connectivity index (χ1v) is 6.13. The largest absolute Gasteiger partial charge is 0.394 e. The number of carbonyl (C=O) groups excluding carboxylic acids is 1. The lowest BCUT2D eigenvalue weighted by molar-refractivity contribution is -0.124. The molecule has 1 rings (SSSR count). The summed E-state index contributed by atoms with van der Waals surface area (Å²) >= 11 is 0. The topological polar surface area (TPSA) is 93.2 Å². The molecule has 2 atom stereocenters. The molecule has 2 unspecified atom stereocenters. The van der Waals surface area contributed by atoms with Crippen molar-refractivity contribution < 1.29 is 9.90 Å². The molecule has 6 nitrogen and oxygen atoms in total. The smallest absolute Gasteiger partial charge is 0.242 e. The second-order valence-corrected chi connectivity index (χ2v) is 4.83. The van der Waals surface area contributed by atoms with Crippen molar-refractivity contribution in [2.24, 2.45) is 11.7 Å². The fourth-order valence-electron chi connectivity index (χ4n) is 1.60. The maximum Gasteiger partial charge on any atom is 0.242 e. The predicted molar refractivity (Wildman–Crippen MR) is 68.8 cm³/mol. The van der Waals surface area contributed by atoms with Gasteiger partial charge < -0.3 is 20.7 Å². The van der Waals surface area contributed by atoms with Crippen LogP contribution in [0.4, 0.5) is 0 Å². The summed E-state index contributed by atoms with van der Waals surface area (Å²) in [6, 6.07) is -0.910. The Morgan fingerprint density at radius 2 is 2.22 bits per heavy atom. The van der Waals surface area contributed by atoms with Gasteiger partial charge in [-0.2, -0.15) is 0 Å². The van der Waals surface area contributed by atoms with Gasteiger partial charge in [0.05, 0.1) is 24.7 Å². The Morgan fingerprint density at radius 1 is 1.56 bits per heavy atom. The molecule has 4 N–H and O–H groups in total. The molecule has 102 valence electrons. The van der Waals surface area contributed by atoms with E-state index < -0.39 is 6.04 Å². The second-order valence-electron chi connectivity index (χ2n) is 4.83. The summed E-state index contributed by atoms with van der Waals surface area (Å²) < 4.78 is 1.69. The first-order chi connectivity index (χ1) is 8.47. The van der Waals surface area contributed by atoms with E-state index >= 15 is 0 Å². The third-order valence-electron chi connectivity index (χ3n) is 2.75. The van der Waals surface area contributed by atoms with Crippen molar-refractivity contribution in [3.63, 3.8) is 0 Å².